The monoisotopic (exact) mass is 793 g/mol. The molecule has 12 heteroatoms. The van der Waals surface area contributed by atoms with E-state index < -0.39 is 12.2 Å². The van der Waals surface area contributed by atoms with Gasteiger partial charge in [-0.15, -0.1) is 0 Å². The first-order valence-corrected chi connectivity index (χ1v) is 21.2. The molecule has 4 aliphatic rings. The van der Waals surface area contributed by atoms with Gasteiger partial charge in [0.15, 0.2) is 6.10 Å². The molecule has 4 aliphatic heterocycles. The summed E-state index contributed by atoms with van der Waals surface area (Å²) in [6.45, 7) is 11.0. The van der Waals surface area contributed by atoms with Crippen molar-refractivity contribution in [3.05, 3.63) is 94.5 Å². The van der Waals surface area contributed by atoms with Gasteiger partial charge in [-0.3, -0.25) is 9.59 Å². The molecule has 0 saturated carbocycles. The molecule has 7 rings (SSSR count). The Morgan fingerprint density at radius 3 is 2.09 bits per heavy atom. The third kappa shape index (κ3) is 9.94. The van der Waals surface area contributed by atoms with Gasteiger partial charge in [-0.05, 0) is 113 Å². The van der Waals surface area contributed by atoms with Gasteiger partial charge in [0.05, 0.1) is 12.5 Å². The number of nitrogens with zero attached hydrogens (tertiary/aromatic N) is 4. The smallest absolute Gasteiger partial charge is 0.410 e. The lowest BCUT2D eigenvalue weighted by Gasteiger charge is -2.42. The largest absolute Gasteiger partial charge is 0.488 e. The summed E-state index contributed by atoms with van der Waals surface area (Å²) in [4.78, 5) is 61.7. The van der Waals surface area contributed by atoms with Gasteiger partial charge in [-0.2, -0.15) is 0 Å². The normalized spacial score (nSPS) is 19.2. The summed E-state index contributed by atoms with van der Waals surface area (Å²) in [5.41, 5.74) is 5.87. The first-order chi connectivity index (χ1) is 28.2. The molecular weight excluding hydrogens is 735 g/mol. The van der Waals surface area contributed by atoms with Crippen LogP contribution in [0.3, 0.4) is 0 Å². The lowest BCUT2D eigenvalue weighted by molar-refractivity contribution is -0.150. The first-order valence-electron chi connectivity index (χ1n) is 21.2. The van der Waals surface area contributed by atoms with E-state index in [1.165, 1.54) is 0 Å². The molecule has 0 unspecified atom stereocenters. The number of nitrogens with one attached hydrogen (secondary N) is 1. The number of aryl methyl sites for hydroxylation is 2. The third-order valence-corrected chi connectivity index (χ3v) is 12.4. The lowest BCUT2D eigenvalue weighted by Crippen LogP contribution is -2.53. The van der Waals surface area contributed by atoms with E-state index in [1.807, 2.05) is 97.3 Å². The molecule has 310 valence electrons. The summed E-state index contributed by atoms with van der Waals surface area (Å²) in [6, 6.07) is 22.2. The van der Waals surface area contributed by atoms with E-state index >= 15 is 0 Å². The van der Waals surface area contributed by atoms with Gasteiger partial charge in [-0.1, -0.05) is 60.7 Å². The molecule has 3 saturated heterocycles. The number of benzene rings is 3. The Hall–Kier alpha value is -5.10. The predicted molar refractivity (Wildman–Crippen MR) is 222 cm³/mol. The zero-order valence-corrected chi connectivity index (χ0v) is 34.3. The Bertz CT molecular complexity index is 1880. The number of urea groups is 1. The van der Waals surface area contributed by atoms with Crippen molar-refractivity contribution < 1.29 is 33.4 Å². The van der Waals surface area contributed by atoms with Crippen LogP contribution in [0.4, 0.5) is 15.3 Å². The standard InChI is InChI=1S/C46H59N5O7/c1-4-56-44(53)37-14-21-48(22-15-37)38-17-23-49(24-18-38)43(52)41(30-35-28-32(2)42(33(3)29-35)57-31-34-10-6-5-7-11-34)58-46(55)50-25-19-39(20-26-50)51-27-16-36-12-8-9-13-40(36)47-45(51)54/h5-13,28-29,37-39,41H,4,14-27,30-31H2,1-3H3,(H,47,54)/t41-/m1/s1. The summed E-state index contributed by atoms with van der Waals surface area (Å²) < 4.78 is 17.7. The van der Waals surface area contributed by atoms with Gasteiger partial charge < -0.3 is 39.1 Å². The highest BCUT2D eigenvalue weighted by Gasteiger charge is 2.37. The van der Waals surface area contributed by atoms with Gasteiger partial charge in [0.2, 0.25) is 0 Å². The number of ether oxygens (including phenoxy) is 3. The molecular formula is C46H59N5O7. The van der Waals surface area contributed by atoms with Crippen LogP contribution in [0.15, 0.2) is 66.7 Å². The Morgan fingerprint density at radius 2 is 1.40 bits per heavy atom. The maximum Gasteiger partial charge on any atom is 0.410 e. The zero-order chi connectivity index (χ0) is 40.6. The van der Waals surface area contributed by atoms with Crippen molar-refractivity contribution >= 4 is 29.7 Å². The number of anilines is 1. The first kappa shape index (κ1) is 41.1. The number of piperidine rings is 3. The van der Waals surface area contributed by atoms with E-state index in [4.69, 9.17) is 14.2 Å². The second-order valence-corrected chi connectivity index (χ2v) is 16.3. The minimum absolute atomic E-state index is 0.00149. The minimum Gasteiger partial charge on any atom is -0.488 e. The van der Waals surface area contributed by atoms with Crippen molar-refractivity contribution in [2.45, 2.75) is 96.9 Å². The number of carbonyl (C=O) groups is 4. The fourth-order valence-corrected chi connectivity index (χ4v) is 9.22. The number of carbonyl (C=O) groups excluding carboxylic acids is 4. The fraction of sp³-hybridized carbons (Fsp3) is 0.522. The second kappa shape index (κ2) is 19.1. The van der Waals surface area contributed by atoms with E-state index in [9.17, 15) is 19.2 Å². The van der Waals surface area contributed by atoms with Gasteiger partial charge in [0.25, 0.3) is 5.91 Å². The summed E-state index contributed by atoms with van der Waals surface area (Å²) >= 11 is 0. The zero-order valence-electron chi connectivity index (χ0n) is 34.3. The summed E-state index contributed by atoms with van der Waals surface area (Å²) in [5, 5.41) is 3.07. The molecule has 3 fully saturated rings. The number of fused-ring (bicyclic) bond motifs is 1. The topological polar surface area (TPSA) is 121 Å². The molecule has 4 amide bonds. The van der Waals surface area contributed by atoms with E-state index in [2.05, 4.69) is 10.2 Å². The van der Waals surface area contributed by atoms with Crippen LogP contribution in [0.1, 0.15) is 73.3 Å². The van der Waals surface area contributed by atoms with Crippen LogP contribution in [-0.2, 0) is 38.5 Å². The van der Waals surface area contributed by atoms with E-state index in [-0.39, 0.29) is 36.3 Å². The molecule has 1 atom stereocenters. The fourth-order valence-electron chi connectivity index (χ4n) is 9.22. The Labute approximate surface area is 342 Å². The van der Waals surface area contributed by atoms with E-state index in [1.54, 1.807) is 4.90 Å². The van der Waals surface area contributed by atoms with Crippen molar-refractivity contribution in [3.8, 4) is 5.75 Å². The Balaban J connectivity index is 0.991. The highest BCUT2D eigenvalue weighted by atomic mass is 16.6. The molecule has 12 nitrogen and oxygen atoms in total. The van der Waals surface area contributed by atoms with Crippen LogP contribution >= 0.6 is 0 Å². The maximum atomic E-state index is 14.4. The highest BCUT2D eigenvalue weighted by molar-refractivity contribution is 5.91. The second-order valence-electron chi connectivity index (χ2n) is 16.3. The summed E-state index contributed by atoms with van der Waals surface area (Å²) in [5.74, 6) is 0.500. The van der Waals surface area contributed by atoms with Gasteiger partial charge in [0, 0.05) is 56.9 Å². The SMILES string of the molecule is CCOC(=O)C1CCN(C2CCN(C(=O)[C@@H](Cc3cc(C)c(OCc4ccccc4)c(C)c3)OC(=O)N3CCC(N4CCc5ccccc5NC4=O)CC3)CC2)CC1. The van der Waals surface area contributed by atoms with Crippen molar-refractivity contribution in [1.29, 1.82) is 0 Å². The van der Waals surface area contributed by atoms with Crippen molar-refractivity contribution in [2.24, 2.45) is 5.92 Å². The van der Waals surface area contributed by atoms with Crippen molar-refractivity contribution in [1.82, 2.24) is 19.6 Å². The maximum absolute atomic E-state index is 14.4. The van der Waals surface area contributed by atoms with Gasteiger partial charge in [-0.25, -0.2) is 9.59 Å². The van der Waals surface area contributed by atoms with Crippen molar-refractivity contribution in [2.75, 3.05) is 57.7 Å². The number of likely N-dealkylation sites (tertiary alicyclic amines) is 3. The van der Waals surface area contributed by atoms with Crippen LogP contribution in [0.5, 0.6) is 5.75 Å². The number of hydrogen-bond acceptors (Lipinski definition) is 8. The van der Waals surface area contributed by atoms with Gasteiger partial charge >= 0.3 is 18.1 Å². The molecule has 0 bridgehead atoms. The molecule has 0 radical (unpaired) electrons. The average Bonchev–Trinajstić information content (AvgIpc) is 3.41. The highest BCUT2D eigenvalue weighted by Crippen LogP contribution is 2.30. The van der Waals surface area contributed by atoms with Gasteiger partial charge in [0.1, 0.15) is 12.4 Å². The summed E-state index contributed by atoms with van der Waals surface area (Å²) in [6.07, 6.45) is 4.02. The third-order valence-electron chi connectivity index (χ3n) is 12.4. The number of amides is 4. The molecule has 1 N–H and O–H groups in total. The van der Waals surface area contributed by atoms with Crippen LogP contribution in [-0.4, -0.2) is 114 Å². The van der Waals surface area contributed by atoms with Crippen molar-refractivity contribution in [3.63, 3.8) is 0 Å². The quantitative estimate of drug-likeness (QED) is 0.212. The summed E-state index contributed by atoms with van der Waals surface area (Å²) in [7, 11) is 0. The number of para-hydroxylation sites is 1. The number of hydrogen-bond donors (Lipinski definition) is 1. The van der Waals surface area contributed by atoms with E-state index in [0.717, 1.165) is 84.4 Å². The lowest BCUT2D eigenvalue weighted by atomic mass is 9.93. The molecule has 3 aromatic rings. The molecule has 4 heterocycles. The molecule has 58 heavy (non-hydrogen) atoms. The Kier molecular flexibility index (Phi) is 13.5. The Morgan fingerprint density at radius 1 is 0.759 bits per heavy atom. The van der Waals surface area contributed by atoms with Crippen LogP contribution in [0.2, 0.25) is 0 Å². The molecule has 0 aliphatic carbocycles. The minimum atomic E-state index is -0.994. The number of rotatable bonds is 11. The van der Waals surface area contributed by atoms with Crippen LogP contribution in [0, 0.1) is 19.8 Å². The number of esters is 1. The van der Waals surface area contributed by atoms with Crippen LogP contribution < -0.4 is 10.1 Å². The molecule has 0 aromatic heterocycles. The average molecular weight is 794 g/mol. The molecule has 3 aromatic carbocycles. The van der Waals surface area contributed by atoms with Crippen LogP contribution in [0.25, 0.3) is 0 Å². The van der Waals surface area contributed by atoms with E-state index in [0.29, 0.717) is 64.8 Å². The molecule has 0 spiro atoms. The predicted octanol–water partition coefficient (Wildman–Crippen LogP) is 6.75.